The van der Waals surface area contributed by atoms with Crippen LogP contribution in [0.1, 0.15) is 22.6 Å². The largest absolute Gasteiger partial charge is 0.241 e. The van der Waals surface area contributed by atoms with Crippen LogP contribution in [-0.4, -0.2) is 9.97 Å². The highest BCUT2D eigenvalue weighted by atomic mass is 19.1. The Kier molecular flexibility index (Phi) is 2.95. The summed E-state index contributed by atoms with van der Waals surface area (Å²) >= 11 is 0. The van der Waals surface area contributed by atoms with Crippen molar-refractivity contribution in [3.63, 3.8) is 0 Å². The van der Waals surface area contributed by atoms with Crippen LogP contribution in [0.4, 0.5) is 4.39 Å². The molecule has 0 saturated carbocycles. The van der Waals surface area contributed by atoms with Crippen molar-refractivity contribution in [1.82, 2.24) is 9.97 Å². The van der Waals surface area contributed by atoms with E-state index in [-0.39, 0.29) is 5.82 Å². The van der Waals surface area contributed by atoms with Gasteiger partial charge < -0.3 is 0 Å². The van der Waals surface area contributed by atoms with Crippen LogP contribution in [-0.2, 0) is 6.42 Å². The van der Waals surface area contributed by atoms with Crippen molar-refractivity contribution in [2.24, 2.45) is 0 Å². The van der Waals surface area contributed by atoms with Crippen molar-refractivity contribution in [3.8, 4) is 0 Å². The quantitative estimate of drug-likeness (QED) is 0.771. The Morgan fingerprint density at radius 3 is 2.44 bits per heavy atom. The predicted octanol–water partition coefficient (Wildman–Crippen LogP) is 2.82. The highest BCUT2D eigenvalue weighted by Gasteiger charge is 2.02. The van der Waals surface area contributed by atoms with Crippen molar-refractivity contribution in [2.45, 2.75) is 20.3 Å². The van der Waals surface area contributed by atoms with Crippen LogP contribution in [0.25, 0.3) is 0 Å². The van der Waals surface area contributed by atoms with Crippen LogP contribution in [0.2, 0.25) is 0 Å². The van der Waals surface area contributed by atoms with Gasteiger partial charge >= 0.3 is 0 Å². The number of hydrogen-bond acceptors (Lipinski definition) is 2. The molecule has 3 heteroatoms. The molecular formula is C13H13FN2. The summed E-state index contributed by atoms with van der Waals surface area (Å²) in [5, 5.41) is 0. The second-order valence-electron chi connectivity index (χ2n) is 3.83. The van der Waals surface area contributed by atoms with Gasteiger partial charge in [0.2, 0.25) is 0 Å². The number of aryl methyl sites for hydroxylation is 2. The van der Waals surface area contributed by atoms with Gasteiger partial charge in [0, 0.05) is 18.3 Å². The van der Waals surface area contributed by atoms with E-state index in [1.807, 2.05) is 20.0 Å². The smallest absolute Gasteiger partial charge is 0.125 e. The molecule has 0 spiro atoms. The lowest BCUT2D eigenvalue weighted by molar-refractivity contribution is 0.627. The van der Waals surface area contributed by atoms with Gasteiger partial charge in [0.15, 0.2) is 0 Å². The van der Waals surface area contributed by atoms with Gasteiger partial charge in [0.05, 0.1) is 0 Å². The summed E-state index contributed by atoms with van der Waals surface area (Å²) in [5.74, 6) is 0.570. The molecular weight excluding hydrogens is 203 g/mol. The first-order valence-electron chi connectivity index (χ1n) is 5.19. The number of hydrogen-bond donors (Lipinski definition) is 0. The molecule has 1 aromatic carbocycles. The van der Waals surface area contributed by atoms with E-state index in [4.69, 9.17) is 0 Å². The van der Waals surface area contributed by atoms with Gasteiger partial charge in [0.1, 0.15) is 11.6 Å². The minimum Gasteiger partial charge on any atom is -0.241 e. The normalized spacial score (nSPS) is 10.4. The molecule has 82 valence electrons. The number of aromatic nitrogens is 2. The summed E-state index contributed by atoms with van der Waals surface area (Å²) in [7, 11) is 0. The topological polar surface area (TPSA) is 25.8 Å². The van der Waals surface area contributed by atoms with Crippen LogP contribution in [0, 0.1) is 19.7 Å². The molecule has 16 heavy (non-hydrogen) atoms. The third kappa shape index (κ3) is 2.42. The van der Waals surface area contributed by atoms with E-state index in [0.29, 0.717) is 0 Å². The standard InChI is InChI=1S/C13H13FN2/c1-9-12(8-15-10(2)16-9)7-11-3-5-13(14)6-4-11/h3-6,8H,7H2,1-2H3. The van der Waals surface area contributed by atoms with Crippen molar-refractivity contribution in [3.05, 3.63) is 58.9 Å². The Morgan fingerprint density at radius 2 is 1.81 bits per heavy atom. The fraction of sp³-hybridized carbons (Fsp3) is 0.231. The summed E-state index contributed by atoms with van der Waals surface area (Å²) in [6, 6.07) is 6.52. The molecule has 2 nitrogen and oxygen atoms in total. The Bertz CT molecular complexity index is 492. The molecule has 0 N–H and O–H groups in total. The summed E-state index contributed by atoms with van der Waals surface area (Å²) < 4.78 is 12.7. The molecule has 2 aromatic rings. The average Bonchev–Trinajstić information content (AvgIpc) is 2.25. The fourth-order valence-electron chi connectivity index (χ4n) is 1.60. The lowest BCUT2D eigenvalue weighted by atomic mass is 10.1. The van der Waals surface area contributed by atoms with Crippen LogP contribution >= 0.6 is 0 Å². The minimum absolute atomic E-state index is 0.208. The Morgan fingerprint density at radius 1 is 1.12 bits per heavy atom. The summed E-state index contributed by atoms with van der Waals surface area (Å²) in [4.78, 5) is 8.47. The van der Waals surface area contributed by atoms with Crippen molar-refractivity contribution in [2.75, 3.05) is 0 Å². The molecule has 0 radical (unpaired) electrons. The van der Waals surface area contributed by atoms with Crippen molar-refractivity contribution >= 4 is 0 Å². The summed E-state index contributed by atoms with van der Waals surface area (Å²) in [5.41, 5.74) is 3.13. The SMILES string of the molecule is Cc1ncc(Cc2ccc(F)cc2)c(C)n1. The van der Waals surface area contributed by atoms with E-state index >= 15 is 0 Å². The van der Waals surface area contributed by atoms with Gasteiger partial charge in [-0.05, 0) is 37.1 Å². The number of nitrogens with zero attached hydrogens (tertiary/aromatic N) is 2. The molecule has 0 atom stereocenters. The lowest BCUT2D eigenvalue weighted by Gasteiger charge is -2.05. The minimum atomic E-state index is -0.208. The van der Waals surface area contributed by atoms with Crippen molar-refractivity contribution in [1.29, 1.82) is 0 Å². The maximum atomic E-state index is 12.7. The number of rotatable bonds is 2. The van der Waals surface area contributed by atoms with E-state index in [1.165, 1.54) is 12.1 Å². The second kappa shape index (κ2) is 4.39. The molecule has 0 unspecified atom stereocenters. The second-order valence-corrected chi connectivity index (χ2v) is 3.83. The van der Waals surface area contributed by atoms with E-state index < -0.39 is 0 Å². The van der Waals surface area contributed by atoms with Gasteiger partial charge in [-0.15, -0.1) is 0 Å². The molecule has 1 aromatic heterocycles. The Hall–Kier alpha value is -1.77. The lowest BCUT2D eigenvalue weighted by Crippen LogP contribution is -1.98. The average molecular weight is 216 g/mol. The maximum absolute atomic E-state index is 12.7. The Labute approximate surface area is 94.2 Å². The van der Waals surface area contributed by atoms with E-state index in [2.05, 4.69) is 9.97 Å². The van der Waals surface area contributed by atoms with Gasteiger partial charge in [-0.25, -0.2) is 14.4 Å². The first-order valence-corrected chi connectivity index (χ1v) is 5.19. The van der Waals surface area contributed by atoms with Crippen LogP contribution in [0.15, 0.2) is 30.5 Å². The molecule has 0 fully saturated rings. The summed E-state index contributed by atoms with van der Waals surface area (Å²) in [6.07, 6.45) is 2.58. The molecule has 1 heterocycles. The monoisotopic (exact) mass is 216 g/mol. The number of halogens is 1. The van der Waals surface area contributed by atoms with E-state index in [9.17, 15) is 4.39 Å². The molecule has 0 aliphatic carbocycles. The first kappa shape index (κ1) is 10.7. The van der Waals surface area contributed by atoms with Gasteiger partial charge in [0.25, 0.3) is 0 Å². The summed E-state index contributed by atoms with van der Waals surface area (Å²) in [6.45, 7) is 3.84. The molecule has 0 amide bonds. The third-order valence-corrected chi connectivity index (χ3v) is 2.51. The molecule has 0 aliphatic heterocycles. The highest BCUT2D eigenvalue weighted by molar-refractivity contribution is 5.26. The predicted molar refractivity (Wildman–Crippen MR) is 60.7 cm³/mol. The third-order valence-electron chi connectivity index (χ3n) is 2.51. The van der Waals surface area contributed by atoms with Crippen LogP contribution in [0.5, 0.6) is 0 Å². The molecule has 0 aliphatic rings. The Balaban J connectivity index is 2.23. The van der Waals surface area contributed by atoms with E-state index in [1.54, 1.807) is 12.1 Å². The first-order chi connectivity index (χ1) is 7.65. The van der Waals surface area contributed by atoms with Crippen LogP contribution < -0.4 is 0 Å². The molecule has 0 saturated heterocycles. The zero-order valence-electron chi connectivity index (χ0n) is 9.37. The fourth-order valence-corrected chi connectivity index (χ4v) is 1.60. The molecule has 0 bridgehead atoms. The highest BCUT2D eigenvalue weighted by Crippen LogP contribution is 2.12. The zero-order chi connectivity index (χ0) is 11.5. The van der Waals surface area contributed by atoms with E-state index in [0.717, 1.165) is 29.1 Å². The maximum Gasteiger partial charge on any atom is 0.125 e. The van der Waals surface area contributed by atoms with Crippen molar-refractivity contribution < 1.29 is 4.39 Å². The van der Waals surface area contributed by atoms with Gasteiger partial charge in [-0.2, -0.15) is 0 Å². The van der Waals surface area contributed by atoms with Crippen LogP contribution in [0.3, 0.4) is 0 Å². The van der Waals surface area contributed by atoms with Gasteiger partial charge in [-0.1, -0.05) is 12.1 Å². The van der Waals surface area contributed by atoms with Gasteiger partial charge in [-0.3, -0.25) is 0 Å². The molecule has 2 rings (SSSR count). The number of benzene rings is 1. The zero-order valence-corrected chi connectivity index (χ0v) is 9.37.